The summed E-state index contributed by atoms with van der Waals surface area (Å²) in [7, 11) is 3.22. The summed E-state index contributed by atoms with van der Waals surface area (Å²) < 4.78 is 11.6. The van der Waals surface area contributed by atoms with E-state index >= 15 is 0 Å². The van der Waals surface area contributed by atoms with Crippen molar-refractivity contribution in [1.82, 2.24) is 0 Å². The van der Waals surface area contributed by atoms with Crippen LogP contribution in [0.3, 0.4) is 0 Å². The maximum absolute atomic E-state index is 5.36. The van der Waals surface area contributed by atoms with Crippen molar-refractivity contribution in [2.24, 2.45) is 0 Å². The van der Waals surface area contributed by atoms with Gasteiger partial charge in [0.25, 0.3) is 0 Å². The van der Waals surface area contributed by atoms with Gasteiger partial charge in [-0.1, -0.05) is 15.9 Å². The smallest absolute Gasteiger partial charge is 0.175 e. The highest BCUT2D eigenvalue weighted by Crippen LogP contribution is 2.29. The normalized spacial score (nSPS) is 10.0. The summed E-state index contributed by atoms with van der Waals surface area (Å²) in [4.78, 5) is 0. The molecule has 0 radical (unpaired) electrons. The predicted molar refractivity (Wildman–Crippen MR) is 98.3 cm³/mol. The van der Waals surface area contributed by atoms with Crippen LogP contribution in [-0.4, -0.2) is 19.3 Å². The number of hydrogen-bond donors (Lipinski definition) is 2. The first kappa shape index (κ1) is 16.6. The molecular weight excluding hydrogens is 364 g/mol. The van der Waals surface area contributed by atoms with Crippen LogP contribution in [0.2, 0.25) is 0 Å². The van der Waals surface area contributed by atoms with E-state index in [-0.39, 0.29) is 0 Å². The molecule has 0 fully saturated rings. The van der Waals surface area contributed by atoms with E-state index in [1.165, 1.54) is 0 Å². The monoisotopic (exact) mass is 380 g/mol. The summed E-state index contributed by atoms with van der Waals surface area (Å²) in [5.41, 5.74) is 2.82. The fourth-order valence-electron chi connectivity index (χ4n) is 1.94. The lowest BCUT2D eigenvalue weighted by atomic mass is 10.2. The Bertz CT molecular complexity index is 692. The third-order valence-corrected chi connectivity index (χ3v) is 3.79. The number of anilines is 2. The van der Waals surface area contributed by atoms with Gasteiger partial charge in [-0.15, -0.1) is 0 Å². The van der Waals surface area contributed by atoms with Crippen molar-refractivity contribution in [2.45, 2.75) is 6.92 Å². The number of rotatable bonds is 4. The van der Waals surface area contributed by atoms with Gasteiger partial charge in [-0.3, -0.25) is 0 Å². The molecule has 0 bridgehead atoms. The standard InChI is InChI=1S/C16H17BrN2O2S/c1-10-8-11(17)4-6-13(10)18-16(22)19-14-7-5-12(20-2)9-15(14)21-3/h4-9H,1-3H3,(H2,18,19,22). The average Bonchev–Trinajstić information content (AvgIpc) is 2.50. The Morgan fingerprint density at radius 1 is 1.00 bits per heavy atom. The molecule has 0 aliphatic rings. The van der Waals surface area contributed by atoms with Gasteiger partial charge in [0.1, 0.15) is 11.5 Å². The van der Waals surface area contributed by atoms with Crippen LogP contribution >= 0.6 is 28.1 Å². The second-order valence-electron chi connectivity index (χ2n) is 4.60. The second kappa shape index (κ2) is 7.47. The Kier molecular flexibility index (Phi) is 5.63. The summed E-state index contributed by atoms with van der Waals surface area (Å²) in [6.07, 6.45) is 0. The molecule has 116 valence electrons. The first-order chi connectivity index (χ1) is 10.5. The minimum atomic E-state index is 0.494. The van der Waals surface area contributed by atoms with Gasteiger partial charge in [-0.2, -0.15) is 0 Å². The van der Waals surface area contributed by atoms with Gasteiger partial charge < -0.3 is 20.1 Å². The Morgan fingerprint density at radius 3 is 2.32 bits per heavy atom. The molecule has 2 N–H and O–H groups in total. The highest BCUT2D eigenvalue weighted by atomic mass is 79.9. The Balaban J connectivity index is 2.12. The molecule has 0 heterocycles. The van der Waals surface area contributed by atoms with E-state index in [1.807, 2.05) is 37.3 Å². The highest BCUT2D eigenvalue weighted by Gasteiger charge is 2.08. The maximum Gasteiger partial charge on any atom is 0.175 e. The van der Waals surface area contributed by atoms with Gasteiger partial charge in [0, 0.05) is 16.2 Å². The van der Waals surface area contributed by atoms with Crippen molar-refractivity contribution in [3.63, 3.8) is 0 Å². The van der Waals surface area contributed by atoms with Gasteiger partial charge in [-0.05, 0) is 55.0 Å². The Morgan fingerprint density at radius 2 is 1.68 bits per heavy atom. The van der Waals surface area contributed by atoms with E-state index in [1.54, 1.807) is 20.3 Å². The molecule has 0 saturated carbocycles. The number of nitrogens with one attached hydrogen (secondary N) is 2. The largest absolute Gasteiger partial charge is 0.497 e. The molecule has 0 aliphatic heterocycles. The van der Waals surface area contributed by atoms with Crippen LogP contribution in [-0.2, 0) is 0 Å². The van der Waals surface area contributed by atoms with Crippen molar-refractivity contribution in [3.8, 4) is 11.5 Å². The molecule has 6 heteroatoms. The maximum atomic E-state index is 5.36. The van der Waals surface area contributed by atoms with Gasteiger partial charge in [-0.25, -0.2) is 0 Å². The third kappa shape index (κ3) is 4.11. The van der Waals surface area contributed by atoms with Crippen LogP contribution in [0.4, 0.5) is 11.4 Å². The number of halogens is 1. The van der Waals surface area contributed by atoms with Crippen LogP contribution in [0.15, 0.2) is 40.9 Å². The van der Waals surface area contributed by atoms with Crippen LogP contribution < -0.4 is 20.1 Å². The molecule has 0 saturated heterocycles. The lowest BCUT2D eigenvalue weighted by molar-refractivity contribution is 0.395. The van der Waals surface area contributed by atoms with Crippen LogP contribution in [0.5, 0.6) is 11.5 Å². The zero-order valence-corrected chi connectivity index (χ0v) is 15.0. The second-order valence-corrected chi connectivity index (χ2v) is 5.93. The Labute approximate surface area is 144 Å². The van der Waals surface area contributed by atoms with Gasteiger partial charge in [0.15, 0.2) is 5.11 Å². The molecule has 0 spiro atoms. The quantitative estimate of drug-likeness (QED) is 0.759. The molecule has 2 aromatic rings. The van der Waals surface area contributed by atoms with E-state index < -0.39 is 0 Å². The lowest BCUT2D eigenvalue weighted by Crippen LogP contribution is -2.20. The van der Waals surface area contributed by atoms with Crippen LogP contribution in [0.1, 0.15) is 5.56 Å². The minimum absolute atomic E-state index is 0.494. The molecule has 0 atom stereocenters. The number of benzene rings is 2. The molecule has 0 amide bonds. The number of ether oxygens (including phenoxy) is 2. The Hall–Kier alpha value is -1.79. The average molecular weight is 381 g/mol. The fraction of sp³-hybridized carbons (Fsp3) is 0.188. The van der Waals surface area contributed by atoms with Crippen molar-refractivity contribution in [1.29, 1.82) is 0 Å². The van der Waals surface area contributed by atoms with Crippen molar-refractivity contribution < 1.29 is 9.47 Å². The van der Waals surface area contributed by atoms with E-state index in [2.05, 4.69) is 26.6 Å². The summed E-state index contributed by atoms with van der Waals surface area (Å²) in [6.45, 7) is 2.02. The van der Waals surface area contributed by atoms with E-state index in [0.29, 0.717) is 10.9 Å². The fourth-order valence-corrected chi connectivity index (χ4v) is 2.64. The topological polar surface area (TPSA) is 42.5 Å². The molecule has 2 rings (SSSR count). The number of thiocarbonyl (C=S) groups is 1. The van der Waals surface area contributed by atoms with E-state index in [0.717, 1.165) is 27.2 Å². The number of hydrogen-bond acceptors (Lipinski definition) is 3. The van der Waals surface area contributed by atoms with Gasteiger partial charge >= 0.3 is 0 Å². The molecule has 22 heavy (non-hydrogen) atoms. The summed E-state index contributed by atoms with van der Waals surface area (Å²) in [5.74, 6) is 1.39. The lowest BCUT2D eigenvalue weighted by Gasteiger charge is -2.15. The van der Waals surface area contributed by atoms with Crippen LogP contribution in [0.25, 0.3) is 0 Å². The summed E-state index contributed by atoms with van der Waals surface area (Å²) >= 11 is 8.80. The molecule has 0 unspecified atom stereocenters. The predicted octanol–water partition coefficient (Wildman–Crippen LogP) is 4.58. The molecule has 4 nitrogen and oxygen atoms in total. The third-order valence-electron chi connectivity index (χ3n) is 3.09. The molecule has 0 aliphatic carbocycles. The molecular formula is C16H17BrN2O2S. The van der Waals surface area contributed by atoms with Crippen LogP contribution in [0, 0.1) is 6.92 Å². The molecule has 0 aromatic heterocycles. The SMILES string of the molecule is COc1ccc(NC(=S)Nc2ccc(Br)cc2C)c(OC)c1. The van der Waals surface area contributed by atoms with Gasteiger partial charge in [0.05, 0.1) is 19.9 Å². The number of aryl methyl sites for hydroxylation is 1. The first-order valence-corrected chi connectivity index (χ1v) is 7.80. The number of methoxy groups -OCH3 is 2. The van der Waals surface area contributed by atoms with Crippen molar-refractivity contribution >= 4 is 44.6 Å². The summed E-state index contributed by atoms with van der Waals surface area (Å²) in [5, 5.41) is 6.80. The summed E-state index contributed by atoms with van der Waals surface area (Å²) in [6, 6.07) is 11.5. The first-order valence-electron chi connectivity index (χ1n) is 6.59. The van der Waals surface area contributed by atoms with E-state index in [9.17, 15) is 0 Å². The highest BCUT2D eigenvalue weighted by molar-refractivity contribution is 9.10. The van der Waals surface area contributed by atoms with E-state index in [4.69, 9.17) is 21.7 Å². The minimum Gasteiger partial charge on any atom is -0.497 e. The zero-order valence-electron chi connectivity index (χ0n) is 12.6. The van der Waals surface area contributed by atoms with Gasteiger partial charge in [0.2, 0.25) is 0 Å². The van der Waals surface area contributed by atoms with Crippen molar-refractivity contribution in [2.75, 3.05) is 24.9 Å². The molecule has 2 aromatic carbocycles. The van der Waals surface area contributed by atoms with Crippen molar-refractivity contribution in [3.05, 3.63) is 46.4 Å². The zero-order chi connectivity index (χ0) is 16.1.